The Morgan fingerprint density at radius 2 is 2.20 bits per heavy atom. The molecule has 0 aliphatic rings. The summed E-state index contributed by atoms with van der Waals surface area (Å²) in [7, 11) is 0. The van der Waals surface area contributed by atoms with E-state index in [1.807, 2.05) is 6.07 Å². The number of ether oxygens (including phenoxy) is 1. The maximum Gasteiger partial charge on any atom is 0.145 e. The number of hydrogen-bond acceptors (Lipinski definition) is 3. The van der Waals surface area contributed by atoms with Crippen LogP contribution in [0.15, 0.2) is 18.2 Å². The van der Waals surface area contributed by atoms with E-state index in [1.165, 1.54) is 18.2 Å². The first-order chi connectivity index (χ1) is 7.24. The molecule has 0 fully saturated rings. The largest absolute Gasteiger partial charge is 0.491 e. The van der Waals surface area contributed by atoms with Crippen LogP contribution in [0.2, 0.25) is 0 Å². The number of rotatable bonds is 5. The van der Waals surface area contributed by atoms with Gasteiger partial charge in [-0.1, -0.05) is 0 Å². The number of nitrogens with two attached hydrogens (primary N) is 1. The van der Waals surface area contributed by atoms with Gasteiger partial charge in [0.2, 0.25) is 0 Å². The summed E-state index contributed by atoms with van der Waals surface area (Å²) in [5.41, 5.74) is 6.01. The maximum atomic E-state index is 12.8. The summed E-state index contributed by atoms with van der Waals surface area (Å²) in [4.78, 5) is 0. The van der Waals surface area contributed by atoms with Gasteiger partial charge in [-0.05, 0) is 25.0 Å². The molecule has 0 atom stereocenters. The van der Waals surface area contributed by atoms with Gasteiger partial charge >= 0.3 is 0 Å². The van der Waals surface area contributed by atoms with E-state index >= 15 is 0 Å². The van der Waals surface area contributed by atoms with Crippen LogP contribution in [-0.2, 0) is 0 Å². The van der Waals surface area contributed by atoms with Crippen LogP contribution in [0.25, 0.3) is 0 Å². The fourth-order valence-corrected chi connectivity index (χ4v) is 1.12. The molecule has 0 amide bonds. The summed E-state index contributed by atoms with van der Waals surface area (Å²) in [5.74, 6) is 0.00295. The number of nitrogens with zero attached hydrogens (tertiary/aromatic N) is 1. The van der Waals surface area contributed by atoms with Crippen molar-refractivity contribution in [2.45, 2.75) is 19.3 Å². The van der Waals surface area contributed by atoms with Gasteiger partial charge in [0, 0.05) is 12.5 Å². The summed E-state index contributed by atoms with van der Waals surface area (Å²) in [5, 5.41) is 8.30. The van der Waals surface area contributed by atoms with Crippen molar-refractivity contribution in [1.29, 1.82) is 5.26 Å². The third-order valence-electron chi connectivity index (χ3n) is 1.92. The van der Waals surface area contributed by atoms with Crippen LogP contribution in [0, 0.1) is 17.1 Å². The highest BCUT2D eigenvalue weighted by molar-refractivity contribution is 5.52. The monoisotopic (exact) mass is 208 g/mol. The molecule has 0 heterocycles. The molecular formula is C11H13FN2O. The highest BCUT2D eigenvalue weighted by atomic mass is 19.1. The molecule has 0 bridgehead atoms. The minimum atomic E-state index is -0.365. The van der Waals surface area contributed by atoms with Gasteiger partial charge in [0.15, 0.2) is 0 Å². The molecule has 4 heteroatoms. The molecule has 0 aliphatic carbocycles. The van der Waals surface area contributed by atoms with Crippen LogP contribution >= 0.6 is 0 Å². The third kappa shape index (κ3) is 3.86. The first-order valence-corrected chi connectivity index (χ1v) is 4.79. The Morgan fingerprint density at radius 1 is 1.40 bits per heavy atom. The van der Waals surface area contributed by atoms with Crippen LogP contribution in [0.3, 0.4) is 0 Å². The van der Waals surface area contributed by atoms with E-state index in [2.05, 4.69) is 0 Å². The van der Waals surface area contributed by atoms with E-state index in [0.717, 1.165) is 12.8 Å². The van der Waals surface area contributed by atoms with Gasteiger partial charge in [-0.3, -0.25) is 0 Å². The van der Waals surface area contributed by atoms with Crippen molar-refractivity contribution in [3.8, 4) is 11.8 Å². The summed E-state index contributed by atoms with van der Waals surface area (Å²) >= 11 is 0. The molecule has 0 saturated heterocycles. The SMILES string of the molecule is N#CCCCCOc1cc(F)ccc1N. The van der Waals surface area contributed by atoms with Gasteiger partial charge in [0.25, 0.3) is 0 Å². The smallest absolute Gasteiger partial charge is 0.145 e. The van der Waals surface area contributed by atoms with Crippen molar-refractivity contribution in [2.75, 3.05) is 12.3 Å². The van der Waals surface area contributed by atoms with Crippen LogP contribution in [0.4, 0.5) is 10.1 Å². The number of anilines is 1. The van der Waals surface area contributed by atoms with Gasteiger partial charge in [-0.2, -0.15) is 5.26 Å². The molecule has 1 aromatic carbocycles. The molecule has 3 nitrogen and oxygen atoms in total. The van der Waals surface area contributed by atoms with Crippen LogP contribution < -0.4 is 10.5 Å². The second-order valence-corrected chi connectivity index (χ2v) is 3.15. The Balaban J connectivity index is 2.37. The van der Waals surface area contributed by atoms with Gasteiger partial charge in [-0.15, -0.1) is 0 Å². The quantitative estimate of drug-likeness (QED) is 0.597. The average molecular weight is 208 g/mol. The van der Waals surface area contributed by atoms with Crippen molar-refractivity contribution in [3.63, 3.8) is 0 Å². The summed E-state index contributed by atoms with van der Waals surface area (Å²) < 4.78 is 18.1. The van der Waals surface area contributed by atoms with E-state index < -0.39 is 0 Å². The lowest BCUT2D eigenvalue weighted by molar-refractivity contribution is 0.307. The molecule has 0 spiro atoms. The molecule has 80 valence electrons. The first-order valence-electron chi connectivity index (χ1n) is 4.79. The minimum absolute atomic E-state index is 0.365. The van der Waals surface area contributed by atoms with E-state index in [4.69, 9.17) is 15.7 Å². The van der Waals surface area contributed by atoms with Crippen LogP contribution in [0.1, 0.15) is 19.3 Å². The second-order valence-electron chi connectivity index (χ2n) is 3.15. The molecule has 0 radical (unpaired) electrons. The second kappa shape index (κ2) is 5.86. The number of nitriles is 1. The van der Waals surface area contributed by atoms with Gasteiger partial charge in [0.1, 0.15) is 11.6 Å². The zero-order valence-corrected chi connectivity index (χ0v) is 8.37. The minimum Gasteiger partial charge on any atom is -0.491 e. The first kappa shape index (κ1) is 11.3. The topological polar surface area (TPSA) is 59.0 Å². The molecule has 0 unspecified atom stereocenters. The average Bonchev–Trinajstić information content (AvgIpc) is 2.23. The number of benzene rings is 1. The van der Waals surface area contributed by atoms with Crippen molar-refractivity contribution in [3.05, 3.63) is 24.0 Å². The van der Waals surface area contributed by atoms with E-state index in [1.54, 1.807) is 0 Å². The Hall–Kier alpha value is -1.76. The van der Waals surface area contributed by atoms with Gasteiger partial charge in [0.05, 0.1) is 18.4 Å². The third-order valence-corrected chi connectivity index (χ3v) is 1.92. The van der Waals surface area contributed by atoms with Crippen LogP contribution in [0.5, 0.6) is 5.75 Å². The lowest BCUT2D eigenvalue weighted by Gasteiger charge is -2.07. The van der Waals surface area contributed by atoms with Crippen LogP contribution in [-0.4, -0.2) is 6.61 Å². The predicted molar refractivity (Wildman–Crippen MR) is 55.8 cm³/mol. The van der Waals surface area contributed by atoms with E-state index in [-0.39, 0.29) is 5.82 Å². The highest BCUT2D eigenvalue weighted by Crippen LogP contribution is 2.22. The molecular weight excluding hydrogens is 195 g/mol. The summed E-state index contributed by atoms with van der Waals surface area (Å²) in [6.07, 6.45) is 2.07. The number of nitrogen functional groups attached to an aromatic ring is 1. The Morgan fingerprint density at radius 3 is 2.93 bits per heavy atom. The zero-order chi connectivity index (χ0) is 11.1. The van der Waals surface area contributed by atoms with Gasteiger partial charge in [-0.25, -0.2) is 4.39 Å². The molecule has 1 rings (SSSR count). The van der Waals surface area contributed by atoms with Crippen molar-refractivity contribution >= 4 is 5.69 Å². The van der Waals surface area contributed by atoms with Crippen molar-refractivity contribution in [1.82, 2.24) is 0 Å². The van der Waals surface area contributed by atoms with E-state index in [9.17, 15) is 4.39 Å². The summed E-state index contributed by atoms with van der Waals surface area (Å²) in [6.45, 7) is 0.454. The molecule has 0 saturated carbocycles. The van der Waals surface area contributed by atoms with Gasteiger partial charge < -0.3 is 10.5 Å². The van der Waals surface area contributed by atoms with Crippen molar-refractivity contribution < 1.29 is 9.13 Å². The highest BCUT2D eigenvalue weighted by Gasteiger charge is 2.01. The lowest BCUT2D eigenvalue weighted by atomic mass is 10.2. The fourth-order valence-electron chi connectivity index (χ4n) is 1.12. The number of hydrogen-bond donors (Lipinski definition) is 1. The Kier molecular flexibility index (Phi) is 4.42. The molecule has 1 aromatic rings. The molecule has 2 N–H and O–H groups in total. The van der Waals surface area contributed by atoms with Crippen molar-refractivity contribution in [2.24, 2.45) is 0 Å². The fraction of sp³-hybridized carbons (Fsp3) is 0.364. The molecule has 15 heavy (non-hydrogen) atoms. The molecule has 0 aromatic heterocycles. The Bertz CT molecular complexity index is 360. The lowest BCUT2D eigenvalue weighted by Crippen LogP contribution is -2.00. The maximum absolute atomic E-state index is 12.8. The zero-order valence-electron chi connectivity index (χ0n) is 8.37. The number of unbranched alkanes of at least 4 members (excludes halogenated alkanes) is 2. The predicted octanol–water partition coefficient (Wildman–Crippen LogP) is 2.48. The molecule has 0 aliphatic heterocycles. The summed E-state index contributed by atoms with van der Waals surface area (Å²) in [6, 6.07) is 6.07. The normalized spacial score (nSPS) is 9.60. The van der Waals surface area contributed by atoms with E-state index in [0.29, 0.717) is 24.5 Å². The number of halogens is 1. The standard InChI is InChI=1S/C11H13FN2O/c12-9-4-5-10(14)11(8-9)15-7-3-1-2-6-13/h4-5,8H,1-3,7,14H2. The Labute approximate surface area is 88.3 Å².